The maximum Gasteiger partial charge on any atom is 0.209 e. The van der Waals surface area contributed by atoms with Crippen LogP contribution in [0.2, 0.25) is 0 Å². The predicted molar refractivity (Wildman–Crippen MR) is 55.4 cm³/mol. The molecule has 1 aromatic rings. The number of hydrogen-bond acceptors (Lipinski definition) is 2. The van der Waals surface area contributed by atoms with Crippen LogP contribution >= 0.6 is 0 Å². The molecule has 0 atom stereocenters. The van der Waals surface area contributed by atoms with Crippen molar-refractivity contribution in [1.82, 2.24) is 4.90 Å². The SMILES string of the molecule is Cc1ccc(OCCN(C)C=O)cc1. The van der Waals surface area contributed by atoms with Gasteiger partial charge in [-0.3, -0.25) is 4.79 Å². The van der Waals surface area contributed by atoms with Gasteiger partial charge in [-0.2, -0.15) is 0 Å². The second kappa shape index (κ2) is 5.27. The van der Waals surface area contributed by atoms with Crippen molar-refractivity contribution in [2.24, 2.45) is 0 Å². The summed E-state index contributed by atoms with van der Waals surface area (Å²) in [6.45, 7) is 3.17. The highest BCUT2D eigenvalue weighted by atomic mass is 16.5. The molecule has 0 spiro atoms. The van der Waals surface area contributed by atoms with Crippen LogP contribution in [0.25, 0.3) is 0 Å². The van der Waals surface area contributed by atoms with E-state index < -0.39 is 0 Å². The van der Waals surface area contributed by atoms with E-state index in [1.807, 2.05) is 31.2 Å². The highest BCUT2D eigenvalue weighted by Gasteiger charge is 1.95. The average molecular weight is 193 g/mol. The molecule has 0 aliphatic rings. The van der Waals surface area contributed by atoms with Gasteiger partial charge in [-0.15, -0.1) is 0 Å². The van der Waals surface area contributed by atoms with Gasteiger partial charge >= 0.3 is 0 Å². The van der Waals surface area contributed by atoms with E-state index in [9.17, 15) is 4.79 Å². The van der Waals surface area contributed by atoms with E-state index in [1.54, 1.807) is 11.9 Å². The quantitative estimate of drug-likeness (QED) is 0.663. The lowest BCUT2D eigenvalue weighted by molar-refractivity contribution is -0.117. The molecule has 1 rings (SSSR count). The molecule has 0 aromatic heterocycles. The molecule has 14 heavy (non-hydrogen) atoms. The van der Waals surface area contributed by atoms with Crippen LogP contribution in [0.5, 0.6) is 5.75 Å². The molecule has 1 amide bonds. The van der Waals surface area contributed by atoms with Gasteiger partial charge in [-0.1, -0.05) is 17.7 Å². The third-order valence-corrected chi connectivity index (χ3v) is 1.91. The van der Waals surface area contributed by atoms with Crippen LogP contribution in [0.15, 0.2) is 24.3 Å². The average Bonchev–Trinajstić information content (AvgIpc) is 2.21. The van der Waals surface area contributed by atoms with E-state index in [4.69, 9.17) is 4.74 Å². The summed E-state index contributed by atoms with van der Waals surface area (Å²) in [5.41, 5.74) is 1.21. The molecule has 0 fully saturated rings. The van der Waals surface area contributed by atoms with Gasteiger partial charge in [0.1, 0.15) is 12.4 Å². The minimum Gasteiger partial charge on any atom is -0.492 e. The number of likely N-dealkylation sites (N-methyl/N-ethyl adjacent to an activating group) is 1. The van der Waals surface area contributed by atoms with E-state index in [0.717, 1.165) is 12.2 Å². The summed E-state index contributed by atoms with van der Waals surface area (Å²) in [5.74, 6) is 0.842. The molecule has 0 saturated heterocycles. The van der Waals surface area contributed by atoms with E-state index >= 15 is 0 Å². The van der Waals surface area contributed by atoms with E-state index in [1.165, 1.54) is 5.56 Å². The zero-order valence-electron chi connectivity index (χ0n) is 8.56. The Labute approximate surface area is 84.3 Å². The lowest BCUT2D eigenvalue weighted by Crippen LogP contribution is -2.22. The van der Waals surface area contributed by atoms with Gasteiger partial charge < -0.3 is 9.64 Å². The van der Waals surface area contributed by atoms with Gasteiger partial charge in [-0.25, -0.2) is 0 Å². The third kappa shape index (κ3) is 3.47. The topological polar surface area (TPSA) is 29.5 Å². The number of aryl methyl sites for hydroxylation is 1. The first-order chi connectivity index (χ1) is 6.72. The Morgan fingerprint density at radius 1 is 1.36 bits per heavy atom. The first kappa shape index (κ1) is 10.6. The minimum atomic E-state index is 0.526. The summed E-state index contributed by atoms with van der Waals surface area (Å²) in [6.07, 6.45) is 0.790. The minimum absolute atomic E-state index is 0.526. The molecule has 0 saturated carbocycles. The molecule has 76 valence electrons. The van der Waals surface area contributed by atoms with Crippen LogP contribution in [0.3, 0.4) is 0 Å². The van der Waals surface area contributed by atoms with Crippen molar-refractivity contribution in [2.75, 3.05) is 20.2 Å². The van der Waals surface area contributed by atoms with E-state index in [2.05, 4.69) is 0 Å². The number of ether oxygens (including phenoxy) is 1. The lowest BCUT2D eigenvalue weighted by atomic mass is 10.2. The fourth-order valence-corrected chi connectivity index (χ4v) is 0.995. The van der Waals surface area contributed by atoms with Crippen LogP contribution < -0.4 is 4.74 Å². The van der Waals surface area contributed by atoms with E-state index in [0.29, 0.717) is 13.2 Å². The predicted octanol–water partition coefficient (Wildman–Crippen LogP) is 1.46. The molecule has 0 N–H and O–H groups in total. The normalized spacial score (nSPS) is 9.57. The third-order valence-electron chi connectivity index (χ3n) is 1.91. The van der Waals surface area contributed by atoms with Crippen LogP contribution in [0.1, 0.15) is 5.56 Å². The summed E-state index contributed by atoms with van der Waals surface area (Å²) in [4.78, 5) is 11.8. The fraction of sp³-hybridized carbons (Fsp3) is 0.364. The molecule has 3 nitrogen and oxygen atoms in total. The Kier molecular flexibility index (Phi) is 3.98. The zero-order chi connectivity index (χ0) is 10.4. The van der Waals surface area contributed by atoms with Crippen LogP contribution in [-0.4, -0.2) is 31.5 Å². The van der Waals surface area contributed by atoms with Crippen molar-refractivity contribution in [2.45, 2.75) is 6.92 Å². The monoisotopic (exact) mass is 193 g/mol. The van der Waals surface area contributed by atoms with Gasteiger partial charge in [-0.05, 0) is 19.1 Å². The molecule has 1 aromatic carbocycles. The van der Waals surface area contributed by atoms with Crippen molar-refractivity contribution >= 4 is 6.41 Å². The first-order valence-corrected chi connectivity index (χ1v) is 4.57. The molecular formula is C11H15NO2. The van der Waals surface area contributed by atoms with Crippen molar-refractivity contribution in [1.29, 1.82) is 0 Å². The molecule has 0 aliphatic heterocycles. The summed E-state index contributed by atoms with van der Waals surface area (Å²) < 4.78 is 5.43. The lowest BCUT2D eigenvalue weighted by Gasteiger charge is -2.11. The number of amides is 1. The van der Waals surface area contributed by atoms with Crippen LogP contribution in [-0.2, 0) is 4.79 Å². The second-order valence-corrected chi connectivity index (χ2v) is 3.25. The van der Waals surface area contributed by atoms with Gasteiger partial charge in [0, 0.05) is 7.05 Å². The largest absolute Gasteiger partial charge is 0.492 e. The number of nitrogens with zero attached hydrogens (tertiary/aromatic N) is 1. The number of hydrogen-bond donors (Lipinski definition) is 0. The molecule has 3 heteroatoms. The Hall–Kier alpha value is -1.51. The standard InChI is InChI=1S/C11H15NO2/c1-10-3-5-11(6-4-10)14-8-7-12(2)9-13/h3-6,9H,7-8H2,1-2H3. The number of carbonyl (C=O) groups excluding carboxylic acids is 1. The fourth-order valence-electron chi connectivity index (χ4n) is 0.995. The maximum absolute atomic E-state index is 10.3. The van der Waals surface area contributed by atoms with Crippen molar-refractivity contribution < 1.29 is 9.53 Å². The molecular weight excluding hydrogens is 178 g/mol. The van der Waals surface area contributed by atoms with E-state index in [-0.39, 0.29) is 0 Å². The summed E-state index contributed by atoms with van der Waals surface area (Å²) >= 11 is 0. The Balaban J connectivity index is 2.31. The van der Waals surface area contributed by atoms with Crippen LogP contribution in [0.4, 0.5) is 0 Å². The van der Waals surface area contributed by atoms with Gasteiger partial charge in [0.05, 0.1) is 6.54 Å². The second-order valence-electron chi connectivity index (χ2n) is 3.25. The molecule has 0 bridgehead atoms. The van der Waals surface area contributed by atoms with Crippen molar-refractivity contribution in [3.8, 4) is 5.75 Å². The van der Waals surface area contributed by atoms with Gasteiger partial charge in [0.25, 0.3) is 0 Å². The summed E-state index contributed by atoms with van der Waals surface area (Å²) in [6, 6.07) is 7.85. The number of benzene rings is 1. The highest BCUT2D eigenvalue weighted by Crippen LogP contribution is 2.10. The summed E-state index contributed by atoms with van der Waals surface area (Å²) in [5, 5.41) is 0. The molecule has 0 aliphatic carbocycles. The first-order valence-electron chi connectivity index (χ1n) is 4.57. The Bertz CT molecular complexity index is 282. The van der Waals surface area contributed by atoms with Gasteiger partial charge in [0.15, 0.2) is 0 Å². The van der Waals surface area contributed by atoms with Crippen molar-refractivity contribution in [3.63, 3.8) is 0 Å². The molecule has 0 unspecified atom stereocenters. The molecule has 0 heterocycles. The Morgan fingerprint density at radius 2 is 2.00 bits per heavy atom. The highest BCUT2D eigenvalue weighted by molar-refractivity contribution is 5.46. The Morgan fingerprint density at radius 3 is 2.57 bits per heavy atom. The smallest absolute Gasteiger partial charge is 0.209 e. The molecule has 0 radical (unpaired) electrons. The van der Waals surface area contributed by atoms with Gasteiger partial charge in [0.2, 0.25) is 6.41 Å². The number of carbonyl (C=O) groups is 1. The maximum atomic E-state index is 10.3. The zero-order valence-corrected chi connectivity index (χ0v) is 8.56. The van der Waals surface area contributed by atoms with Crippen molar-refractivity contribution in [3.05, 3.63) is 29.8 Å². The summed E-state index contributed by atoms with van der Waals surface area (Å²) in [7, 11) is 1.73. The number of rotatable bonds is 5. The van der Waals surface area contributed by atoms with Crippen LogP contribution in [0, 0.1) is 6.92 Å².